The molecule has 2 heterocycles. The zero-order chi connectivity index (χ0) is 11.5. The second-order valence-corrected chi connectivity index (χ2v) is 4.47. The van der Waals surface area contributed by atoms with E-state index in [1.54, 1.807) is 17.1 Å². The van der Waals surface area contributed by atoms with Gasteiger partial charge in [0.2, 0.25) is 5.91 Å². The summed E-state index contributed by atoms with van der Waals surface area (Å²) in [4.78, 5) is 13.8. The number of carbonyl (C=O) groups excluding carboxylic acids is 1. The van der Waals surface area contributed by atoms with E-state index in [4.69, 9.17) is 5.73 Å². The highest BCUT2D eigenvalue weighted by Crippen LogP contribution is 2.15. The molecule has 104 valence electrons. The molecule has 1 amide bonds. The number of likely N-dealkylation sites (tertiary alicyclic amines) is 1. The summed E-state index contributed by atoms with van der Waals surface area (Å²) >= 11 is 0. The van der Waals surface area contributed by atoms with Gasteiger partial charge in [-0.05, 0) is 18.4 Å². The second-order valence-electron chi connectivity index (χ2n) is 4.47. The summed E-state index contributed by atoms with van der Waals surface area (Å²) in [5.74, 6) is 0.512. The first-order chi connectivity index (χ1) is 7.66. The van der Waals surface area contributed by atoms with E-state index in [1.165, 1.54) is 0 Å². The Morgan fingerprint density at radius 2 is 2.22 bits per heavy atom. The number of rotatable bonds is 2. The summed E-state index contributed by atoms with van der Waals surface area (Å²) in [6, 6.07) is 2.05. The van der Waals surface area contributed by atoms with Crippen molar-refractivity contribution in [3.05, 3.63) is 18.5 Å². The molecule has 1 aliphatic rings. The van der Waals surface area contributed by atoms with Crippen LogP contribution >= 0.6 is 24.8 Å². The number of amides is 1. The van der Waals surface area contributed by atoms with Gasteiger partial charge in [-0.3, -0.25) is 9.48 Å². The highest BCUT2D eigenvalue weighted by molar-refractivity contribution is 5.85. The van der Waals surface area contributed by atoms with E-state index in [2.05, 4.69) is 12.0 Å². The molecule has 2 atom stereocenters. The van der Waals surface area contributed by atoms with Crippen molar-refractivity contribution in [2.45, 2.75) is 25.9 Å². The first-order valence-corrected chi connectivity index (χ1v) is 5.67. The molecule has 0 bridgehead atoms. The molecule has 18 heavy (non-hydrogen) atoms. The Morgan fingerprint density at radius 1 is 1.50 bits per heavy atom. The first kappa shape index (κ1) is 17.2. The number of hydrogen-bond donors (Lipinski definition) is 1. The average Bonchev–Trinajstić information content (AvgIpc) is 2.74. The van der Waals surface area contributed by atoms with Crippen molar-refractivity contribution in [2.24, 2.45) is 11.7 Å². The van der Waals surface area contributed by atoms with E-state index in [1.807, 2.05) is 11.0 Å². The van der Waals surface area contributed by atoms with E-state index in [0.29, 0.717) is 12.5 Å². The lowest BCUT2D eigenvalue weighted by Crippen LogP contribution is -2.49. The summed E-state index contributed by atoms with van der Waals surface area (Å²) in [6.45, 7) is 3.96. The van der Waals surface area contributed by atoms with Gasteiger partial charge in [-0.1, -0.05) is 6.92 Å². The van der Waals surface area contributed by atoms with Crippen LogP contribution in [0.5, 0.6) is 0 Å². The Bertz CT molecular complexity index is 358. The van der Waals surface area contributed by atoms with E-state index in [0.717, 1.165) is 19.5 Å². The van der Waals surface area contributed by atoms with Gasteiger partial charge in [-0.15, -0.1) is 24.8 Å². The molecule has 2 unspecified atom stereocenters. The maximum absolute atomic E-state index is 11.9. The topological polar surface area (TPSA) is 64.2 Å². The summed E-state index contributed by atoms with van der Waals surface area (Å²) in [6.07, 6.45) is 4.38. The third kappa shape index (κ3) is 4.15. The van der Waals surface area contributed by atoms with Gasteiger partial charge >= 0.3 is 0 Å². The maximum atomic E-state index is 11.9. The van der Waals surface area contributed by atoms with Crippen molar-refractivity contribution < 1.29 is 4.79 Å². The minimum absolute atomic E-state index is 0. The van der Waals surface area contributed by atoms with Gasteiger partial charge in [0, 0.05) is 31.5 Å². The highest BCUT2D eigenvalue weighted by atomic mass is 35.5. The predicted molar refractivity (Wildman–Crippen MR) is 75.1 cm³/mol. The molecule has 0 aromatic carbocycles. The van der Waals surface area contributed by atoms with Crippen LogP contribution in [-0.2, 0) is 11.3 Å². The van der Waals surface area contributed by atoms with Crippen LogP contribution in [0.1, 0.15) is 13.3 Å². The monoisotopic (exact) mass is 294 g/mol. The van der Waals surface area contributed by atoms with Gasteiger partial charge in [0.25, 0.3) is 0 Å². The molecule has 2 N–H and O–H groups in total. The molecule has 1 fully saturated rings. The average molecular weight is 295 g/mol. The highest BCUT2D eigenvalue weighted by Gasteiger charge is 2.26. The zero-order valence-corrected chi connectivity index (χ0v) is 12.0. The van der Waals surface area contributed by atoms with Crippen LogP contribution in [0.25, 0.3) is 0 Å². The Labute approximate surface area is 120 Å². The van der Waals surface area contributed by atoms with Crippen molar-refractivity contribution in [1.82, 2.24) is 14.7 Å². The number of piperidine rings is 1. The Morgan fingerprint density at radius 3 is 2.78 bits per heavy atom. The Kier molecular flexibility index (Phi) is 7.28. The van der Waals surface area contributed by atoms with Crippen LogP contribution in [0.15, 0.2) is 18.5 Å². The van der Waals surface area contributed by atoms with Crippen molar-refractivity contribution >= 4 is 30.7 Å². The van der Waals surface area contributed by atoms with E-state index < -0.39 is 0 Å². The van der Waals surface area contributed by atoms with E-state index >= 15 is 0 Å². The van der Waals surface area contributed by atoms with Crippen molar-refractivity contribution in [3.8, 4) is 0 Å². The quantitative estimate of drug-likeness (QED) is 0.882. The van der Waals surface area contributed by atoms with Crippen molar-refractivity contribution in [1.29, 1.82) is 0 Å². The summed E-state index contributed by atoms with van der Waals surface area (Å²) < 4.78 is 1.65. The largest absolute Gasteiger partial charge is 0.341 e. The standard InChI is InChI=1S/C11H18N4O.2ClH/c1-9-7-14(6-3-10(9)12)11(16)8-15-5-2-4-13-15;;/h2,4-5,9-10H,3,6-8,12H2,1H3;2*1H. The van der Waals surface area contributed by atoms with Gasteiger partial charge in [0.15, 0.2) is 0 Å². The predicted octanol–water partition coefficient (Wildman–Crippen LogP) is 0.922. The summed E-state index contributed by atoms with van der Waals surface area (Å²) in [5.41, 5.74) is 5.92. The van der Waals surface area contributed by atoms with Crippen LogP contribution in [0, 0.1) is 5.92 Å². The maximum Gasteiger partial charge on any atom is 0.244 e. The molecular weight excluding hydrogens is 275 g/mol. The summed E-state index contributed by atoms with van der Waals surface area (Å²) in [7, 11) is 0. The van der Waals surface area contributed by atoms with Gasteiger partial charge in [-0.25, -0.2) is 0 Å². The molecule has 0 saturated carbocycles. The lowest BCUT2D eigenvalue weighted by molar-refractivity contribution is -0.133. The van der Waals surface area contributed by atoms with Crippen LogP contribution in [0.4, 0.5) is 0 Å². The minimum atomic E-state index is 0. The van der Waals surface area contributed by atoms with Crippen molar-refractivity contribution in [2.75, 3.05) is 13.1 Å². The van der Waals surface area contributed by atoms with Crippen LogP contribution in [0.2, 0.25) is 0 Å². The van der Waals surface area contributed by atoms with Crippen LogP contribution in [0.3, 0.4) is 0 Å². The van der Waals surface area contributed by atoms with E-state index in [9.17, 15) is 4.79 Å². The molecule has 1 aliphatic heterocycles. The zero-order valence-electron chi connectivity index (χ0n) is 10.4. The Hall–Kier alpha value is -0.780. The fraction of sp³-hybridized carbons (Fsp3) is 0.636. The lowest BCUT2D eigenvalue weighted by Gasteiger charge is -2.35. The molecule has 0 aliphatic carbocycles. The van der Waals surface area contributed by atoms with E-state index in [-0.39, 0.29) is 36.8 Å². The molecule has 0 spiro atoms. The van der Waals surface area contributed by atoms with Gasteiger partial charge in [0.05, 0.1) is 0 Å². The molecule has 5 nitrogen and oxygen atoms in total. The Balaban J connectivity index is 0.00000144. The number of nitrogens with two attached hydrogens (primary N) is 1. The molecule has 1 saturated heterocycles. The van der Waals surface area contributed by atoms with Crippen LogP contribution in [-0.4, -0.2) is 39.7 Å². The number of nitrogens with zero attached hydrogens (tertiary/aromatic N) is 3. The number of halogens is 2. The van der Waals surface area contributed by atoms with Crippen LogP contribution < -0.4 is 5.73 Å². The lowest BCUT2D eigenvalue weighted by atomic mass is 9.95. The second kappa shape index (κ2) is 7.61. The smallest absolute Gasteiger partial charge is 0.244 e. The van der Waals surface area contributed by atoms with Gasteiger partial charge in [-0.2, -0.15) is 5.10 Å². The molecule has 1 aromatic heterocycles. The fourth-order valence-corrected chi connectivity index (χ4v) is 2.02. The molecular formula is C11H20Cl2N4O. The SMILES string of the molecule is CC1CN(C(=O)Cn2cccn2)CCC1N.Cl.Cl. The third-order valence-corrected chi connectivity index (χ3v) is 3.18. The molecule has 7 heteroatoms. The van der Waals surface area contributed by atoms with Crippen molar-refractivity contribution in [3.63, 3.8) is 0 Å². The summed E-state index contributed by atoms with van der Waals surface area (Å²) in [5, 5.41) is 4.03. The number of aromatic nitrogens is 2. The third-order valence-electron chi connectivity index (χ3n) is 3.18. The minimum Gasteiger partial charge on any atom is -0.341 e. The number of hydrogen-bond acceptors (Lipinski definition) is 3. The first-order valence-electron chi connectivity index (χ1n) is 5.67. The number of carbonyl (C=O) groups is 1. The fourth-order valence-electron chi connectivity index (χ4n) is 2.02. The normalized spacial score (nSPS) is 22.9. The molecule has 2 rings (SSSR count). The molecule has 0 radical (unpaired) electrons. The van der Waals surface area contributed by atoms with Gasteiger partial charge in [0.1, 0.15) is 6.54 Å². The van der Waals surface area contributed by atoms with Gasteiger partial charge < -0.3 is 10.6 Å². The molecule has 1 aromatic rings.